The summed E-state index contributed by atoms with van der Waals surface area (Å²) in [4.78, 5) is 4.50. The summed E-state index contributed by atoms with van der Waals surface area (Å²) in [5.74, 6) is 1.44. The molecule has 118 valence electrons. The zero-order valence-electron chi connectivity index (χ0n) is 13.1. The quantitative estimate of drug-likeness (QED) is 0.437. The summed E-state index contributed by atoms with van der Waals surface area (Å²) in [6.07, 6.45) is 1.13. The third kappa shape index (κ3) is 6.02. The first-order valence-corrected chi connectivity index (χ1v) is 7.61. The van der Waals surface area contributed by atoms with Crippen LogP contribution in [-0.4, -0.2) is 24.1 Å². The van der Waals surface area contributed by atoms with E-state index in [9.17, 15) is 0 Å². The minimum Gasteiger partial charge on any atom is -0.353 e. The molecule has 1 aliphatic carbocycles. The van der Waals surface area contributed by atoms with Gasteiger partial charge in [0.15, 0.2) is 5.96 Å². The molecule has 0 radical (unpaired) electrons. The van der Waals surface area contributed by atoms with Crippen LogP contribution in [0.4, 0.5) is 0 Å². The smallest absolute Gasteiger partial charge is 0.191 e. The Morgan fingerprint density at radius 2 is 2.10 bits per heavy atom. The number of nitrogens with one attached hydrogen (secondary N) is 2. The topological polar surface area (TPSA) is 36.4 Å². The van der Waals surface area contributed by atoms with Crippen molar-refractivity contribution < 1.29 is 0 Å². The van der Waals surface area contributed by atoms with Crippen molar-refractivity contribution in [3.05, 3.63) is 34.9 Å². The number of guanidine groups is 1. The second-order valence-electron chi connectivity index (χ2n) is 6.35. The number of halogens is 2. The van der Waals surface area contributed by atoms with E-state index in [1.165, 1.54) is 5.56 Å². The third-order valence-electron chi connectivity index (χ3n) is 3.20. The molecule has 1 aliphatic rings. The minimum absolute atomic E-state index is 0. The third-order valence-corrected chi connectivity index (χ3v) is 3.43. The van der Waals surface area contributed by atoms with E-state index in [4.69, 9.17) is 11.6 Å². The highest BCUT2D eigenvalue weighted by molar-refractivity contribution is 14.0. The Hall–Kier alpha value is -0.490. The first-order chi connectivity index (χ1) is 9.39. The lowest BCUT2D eigenvalue weighted by Gasteiger charge is -2.24. The van der Waals surface area contributed by atoms with Gasteiger partial charge in [0.05, 0.1) is 0 Å². The first kappa shape index (κ1) is 18.6. The van der Waals surface area contributed by atoms with Gasteiger partial charge in [-0.05, 0) is 51.8 Å². The zero-order chi connectivity index (χ0) is 14.8. The van der Waals surface area contributed by atoms with E-state index in [1.54, 1.807) is 0 Å². The summed E-state index contributed by atoms with van der Waals surface area (Å²) in [7, 11) is 0. The lowest BCUT2D eigenvalue weighted by Crippen LogP contribution is -2.48. The average molecular weight is 422 g/mol. The molecule has 1 fully saturated rings. The Morgan fingerprint density at radius 1 is 1.38 bits per heavy atom. The normalized spacial score (nSPS) is 21.5. The fourth-order valence-corrected chi connectivity index (χ4v) is 2.47. The van der Waals surface area contributed by atoms with Gasteiger partial charge in [0.1, 0.15) is 0 Å². The molecule has 0 aromatic heterocycles. The molecular formula is C16H25ClIN3. The molecule has 0 bridgehead atoms. The molecule has 0 spiro atoms. The van der Waals surface area contributed by atoms with Crippen LogP contribution in [0.15, 0.2) is 29.3 Å². The highest BCUT2D eigenvalue weighted by Crippen LogP contribution is 2.41. The fraction of sp³-hybridized carbons (Fsp3) is 0.562. The SMILES string of the molecule is CCN=C(NC1CC1c1cccc(Cl)c1)NC(C)(C)C.I. The maximum atomic E-state index is 6.05. The maximum absolute atomic E-state index is 6.05. The molecule has 0 aliphatic heterocycles. The maximum Gasteiger partial charge on any atom is 0.191 e. The van der Waals surface area contributed by atoms with Crippen molar-refractivity contribution in [2.45, 2.75) is 51.6 Å². The summed E-state index contributed by atoms with van der Waals surface area (Å²) < 4.78 is 0. The molecule has 2 N–H and O–H groups in total. The molecule has 5 heteroatoms. The van der Waals surface area contributed by atoms with Crippen LogP contribution in [0.25, 0.3) is 0 Å². The first-order valence-electron chi connectivity index (χ1n) is 7.23. The van der Waals surface area contributed by atoms with Gasteiger partial charge in [-0.3, -0.25) is 4.99 Å². The summed E-state index contributed by atoms with van der Waals surface area (Å²) in [5, 5.41) is 7.75. The monoisotopic (exact) mass is 421 g/mol. The van der Waals surface area contributed by atoms with Gasteiger partial charge in [-0.25, -0.2) is 0 Å². The standard InChI is InChI=1S/C16H24ClN3.HI/c1-5-18-15(20-16(2,3)4)19-14-10-13(14)11-7-6-8-12(17)9-11;/h6-9,13-14H,5,10H2,1-4H3,(H2,18,19,20);1H. The van der Waals surface area contributed by atoms with Crippen LogP contribution >= 0.6 is 35.6 Å². The van der Waals surface area contributed by atoms with E-state index in [0.29, 0.717) is 12.0 Å². The van der Waals surface area contributed by atoms with Crippen molar-refractivity contribution in [3.8, 4) is 0 Å². The number of aliphatic imine (C=N–C) groups is 1. The van der Waals surface area contributed by atoms with Crippen LogP contribution in [0.5, 0.6) is 0 Å². The highest BCUT2D eigenvalue weighted by atomic mass is 127. The second-order valence-corrected chi connectivity index (χ2v) is 6.78. The van der Waals surface area contributed by atoms with Crippen molar-refractivity contribution in [2.75, 3.05) is 6.54 Å². The van der Waals surface area contributed by atoms with Gasteiger partial charge >= 0.3 is 0 Å². The number of hydrogen-bond donors (Lipinski definition) is 2. The molecule has 2 rings (SSSR count). The molecule has 2 unspecified atom stereocenters. The summed E-state index contributed by atoms with van der Waals surface area (Å²) in [5.41, 5.74) is 1.32. The van der Waals surface area contributed by atoms with E-state index in [0.717, 1.165) is 23.9 Å². The van der Waals surface area contributed by atoms with Crippen molar-refractivity contribution in [1.82, 2.24) is 10.6 Å². The molecule has 0 heterocycles. The molecule has 21 heavy (non-hydrogen) atoms. The van der Waals surface area contributed by atoms with E-state index in [-0.39, 0.29) is 29.5 Å². The number of hydrogen-bond acceptors (Lipinski definition) is 1. The summed E-state index contributed by atoms with van der Waals surface area (Å²) >= 11 is 6.05. The summed E-state index contributed by atoms with van der Waals surface area (Å²) in [6.45, 7) is 9.25. The van der Waals surface area contributed by atoms with Gasteiger partial charge in [0.2, 0.25) is 0 Å². The lowest BCUT2D eigenvalue weighted by atomic mass is 10.1. The zero-order valence-corrected chi connectivity index (χ0v) is 16.2. The Bertz CT molecular complexity index is 497. The van der Waals surface area contributed by atoms with Crippen LogP contribution in [0.1, 0.15) is 45.6 Å². The van der Waals surface area contributed by atoms with Crippen LogP contribution < -0.4 is 10.6 Å². The molecule has 1 saturated carbocycles. The Balaban J connectivity index is 0.00000220. The van der Waals surface area contributed by atoms with E-state index < -0.39 is 0 Å². The minimum atomic E-state index is 0. The molecule has 0 amide bonds. The number of rotatable bonds is 3. The molecule has 0 saturated heterocycles. The van der Waals surface area contributed by atoms with Crippen molar-refractivity contribution in [3.63, 3.8) is 0 Å². The molecule has 3 nitrogen and oxygen atoms in total. The van der Waals surface area contributed by atoms with Gasteiger partial charge in [-0.1, -0.05) is 23.7 Å². The van der Waals surface area contributed by atoms with Gasteiger partial charge in [0.25, 0.3) is 0 Å². The van der Waals surface area contributed by atoms with Crippen molar-refractivity contribution in [2.24, 2.45) is 4.99 Å². The fourth-order valence-electron chi connectivity index (χ4n) is 2.27. The van der Waals surface area contributed by atoms with Gasteiger partial charge in [-0.15, -0.1) is 24.0 Å². The second kappa shape index (κ2) is 7.68. The van der Waals surface area contributed by atoms with Crippen LogP contribution in [-0.2, 0) is 0 Å². The molecule has 2 atom stereocenters. The van der Waals surface area contributed by atoms with Gasteiger partial charge < -0.3 is 10.6 Å². The van der Waals surface area contributed by atoms with E-state index in [1.807, 2.05) is 19.1 Å². The Labute approximate surface area is 150 Å². The van der Waals surface area contributed by atoms with Gasteiger partial charge in [-0.2, -0.15) is 0 Å². The summed E-state index contributed by atoms with van der Waals surface area (Å²) in [6, 6.07) is 8.59. The molecule has 1 aromatic rings. The van der Waals surface area contributed by atoms with Crippen LogP contribution in [0.3, 0.4) is 0 Å². The molecular weight excluding hydrogens is 397 g/mol. The van der Waals surface area contributed by atoms with E-state index in [2.05, 4.69) is 48.5 Å². The Morgan fingerprint density at radius 3 is 2.67 bits per heavy atom. The predicted octanol–water partition coefficient (Wildman–Crippen LogP) is 4.17. The number of nitrogens with zero attached hydrogens (tertiary/aromatic N) is 1. The largest absolute Gasteiger partial charge is 0.353 e. The van der Waals surface area contributed by atoms with Crippen LogP contribution in [0.2, 0.25) is 5.02 Å². The van der Waals surface area contributed by atoms with Crippen molar-refractivity contribution >= 4 is 41.5 Å². The lowest BCUT2D eigenvalue weighted by molar-refractivity contribution is 0.500. The van der Waals surface area contributed by atoms with Crippen LogP contribution in [0, 0.1) is 0 Å². The Kier molecular flexibility index (Phi) is 6.78. The molecule has 1 aromatic carbocycles. The van der Waals surface area contributed by atoms with Crippen molar-refractivity contribution in [1.29, 1.82) is 0 Å². The highest BCUT2D eigenvalue weighted by Gasteiger charge is 2.39. The predicted molar refractivity (Wildman–Crippen MR) is 102 cm³/mol. The average Bonchev–Trinajstić information content (AvgIpc) is 3.06. The number of benzene rings is 1. The van der Waals surface area contributed by atoms with Gasteiger partial charge in [0, 0.05) is 29.1 Å². The van der Waals surface area contributed by atoms with E-state index >= 15 is 0 Å².